The van der Waals surface area contributed by atoms with E-state index in [1.807, 2.05) is 30.3 Å². The van der Waals surface area contributed by atoms with Gasteiger partial charge >= 0.3 is 0 Å². The van der Waals surface area contributed by atoms with Crippen LogP contribution in [0.5, 0.6) is 5.75 Å². The van der Waals surface area contributed by atoms with Crippen LogP contribution in [-0.2, 0) is 6.42 Å². The summed E-state index contributed by atoms with van der Waals surface area (Å²) in [7, 11) is 1.63. The SMILES string of the molecule is CCCNC(c1ccc(Cl)c(OC)c1)c1ccc(CC)o1. The summed E-state index contributed by atoms with van der Waals surface area (Å²) < 4.78 is 11.2. The lowest BCUT2D eigenvalue weighted by atomic mass is 10.0. The van der Waals surface area contributed by atoms with Crippen LogP contribution >= 0.6 is 11.6 Å². The first-order chi connectivity index (χ1) is 10.2. The van der Waals surface area contributed by atoms with Crippen molar-refractivity contribution in [3.63, 3.8) is 0 Å². The Bertz CT molecular complexity index is 580. The largest absolute Gasteiger partial charge is 0.495 e. The fraction of sp³-hybridized carbons (Fsp3) is 0.412. The van der Waals surface area contributed by atoms with Gasteiger partial charge in [-0.1, -0.05) is 31.5 Å². The average molecular weight is 308 g/mol. The fourth-order valence-corrected chi connectivity index (χ4v) is 2.46. The normalized spacial score (nSPS) is 12.4. The van der Waals surface area contributed by atoms with Crippen molar-refractivity contribution in [2.75, 3.05) is 13.7 Å². The molecular formula is C17H22ClNO2. The van der Waals surface area contributed by atoms with Gasteiger partial charge in [0.2, 0.25) is 0 Å². The summed E-state index contributed by atoms with van der Waals surface area (Å²) >= 11 is 6.11. The number of benzene rings is 1. The highest BCUT2D eigenvalue weighted by Crippen LogP contribution is 2.31. The molecule has 1 N–H and O–H groups in total. The van der Waals surface area contributed by atoms with E-state index in [1.165, 1.54) is 0 Å². The van der Waals surface area contributed by atoms with Crippen LogP contribution in [0.15, 0.2) is 34.7 Å². The van der Waals surface area contributed by atoms with Crippen LogP contribution in [0.2, 0.25) is 5.02 Å². The van der Waals surface area contributed by atoms with Gasteiger partial charge in [0.15, 0.2) is 0 Å². The third kappa shape index (κ3) is 3.80. The molecule has 0 aliphatic rings. The molecule has 4 heteroatoms. The standard InChI is InChI=1S/C17H22ClNO2/c1-4-10-19-17(15-9-7-13(5-2)21-15)12-6-8-14(18)16(11-12)20-3/h6-9,11,17,19H,4-5,10H2,1-3H3. The molecule has 1 aromatic heterocycles. The molecule has 0 bridgehead atoms. The molecule has 0 spiro atoms. The Morgan fingerprint density at radius 2 is 2.05 bits per heavy atom. The predicted octanol–water partition coefficient (Wildman–Crippen LogP) is 4.59. The van der Waals surface area contributed by atoms with Gasteiger partial charge in [-0.05, 0) is 42.8 Å². The summed E-state index contributed by atoms with van der Waals surface area (Å²) in [4.78, 5) is 0. The Labute approximate surface area is 131 Å². The van der Waals surface area contributed by atoms with Crippen LogP contribution in [0.3, 0.4) is 0 Å². The number of nitrogens with one attached hydrogen (secondary N) is 1. The summed E-state index contributed by atoms with van der Waals surface area (Å²) in [5, 5.41) is 4.13. The molecule has 3 nitrogen and oxygen atoms in total. The molecule has 0 amide bonds. The highest BCUT2D eigenvalue weighted by Gasteiger charge is 2.18. The van der Waals surface area contributed by atoms with Crippen molar-refractivity contribution in [2.24, 2.45) is 0 Å². The molecule has 0 aliphatic carbocycles. The Balaban J connectivity index is 2.34. The van der Waals surface area contributed by atoms with Crippen LogP contribution in [0.4, 0.5) is 0 Å². The molecule has 1 heterocycles. The van der Waals surface area contributed by atoms with Gasteiger partial charge in [-0.3, -0.25) is 0 Å². The summed E-state index contributed by atoms with van der Waals surface area (Å²) in [5.41, 5.74) is 1.08. The number of hydrogen-bond acceptors (Lipinski definition) is 3. The number of halogens is 1. The smallest absolute Gasteiger partial charge is 0.137 e. The highest BCUT2D eigenvalue weighted by molar-refractivity contribution is 6.32. The maximum Gasteiger partial charge on any atom is 0.137 e. The summed E-state index contributed by atoms with van der Waals surface area (Å²) in [5.74, 6) is 2.60. The lowest BCUT2D eigenvalue weighted by molar-refractivity contribution is 0.408. The minimum absolute atomic E-state index is 0.0106. The van der Waals surface area contributed by atoms with E-state index in [0.29, 0.717) is 10.8 Å². The summed E-state index contributed by atoms with van der Waals surface area (Å²) in [6.07, 6.45) is 1.95. The third-order valence-electron chi connectivity index (χ3n) is 3.42. The van der Waals surface area contributed by atoms with Crippen molar-refractivity contribution in [3.05, 3.63) is 52.4 Å². The minimum atomic E-state index is 0.0106. The molecule has 1 aromatic carbocycles. The monoisotopic (exact) mass is 307 g/mol. The van der Waals surface area contributed by atoms with Crippen LogP contribution in [-0.4, -0.2) is 13.7 Å². The molecule has 0 saturated heterocycles. The zero-order valence-electron chi connectivity index (χ0n) is 12.8. The number of hydrogen-bond donors (Lipinski definition) is 1. The van der Waals surface area contributed by atoms with Crippen LogP contribution in [0, 0.1) is 0 Å². The number of rotatable bonds is 7. The fourth-order valence-electron chi connectivity index (χ4n) is 2.27. The molecule has 0 fully saturated rings. The first-order valence-corrected chi connectivity index (χ1v) is 7.72. The zero-order valence-corrected chi connectivity index (χ0v) is 13.5. The number of furan rings is 1. The van der Waals surface area contributed by atoms with Crippen molar-refractivity contribution < 1.29 is 9.15 Å². The first kappa shape index (κ1) is 15.9. The highest BCUT2D eigenvalue weighted by atomic mass is 35.5. The van der Waals surface area contributed by atoms with Crippen LogP contribution in [0.1, 0.15) is 43.4 Å². The van der Waals surface area contributed by atoms with Gasteiger partial charge < -0.3 is 14.5 Å². The Morgan fingerprint density at radius 3 is 2.67 bits per heavy atom. The van der Waals surface area contributed by atoms with Gasteiger partial charge in [0, 0.05) is 6.42 Å². The van der Waals surface area contributed by atoms with Gasteiger partial charge in [-0.2, -0.15) is 0 Å². The van der Waals surface area contributed by atoms with E-state index in [2.05, 4.69) is 19.2 Å². The molecule has 1 unspecified atom stereocenters. The zero-order chi connectivity index (χ0) is 15.2. The van der Waals surface area contributed by atoms with E-state index in [1.54, 1.807) is 7.11 Å². The van der Waals surface area contributed by atoms with E-state index < -0.39 is 0 Å². The molecule has 0 aliphatic heterocycles. The van der Waals surface area contributed by atoms with Crippen molar-refractivity contribution >= 4 is 11.6 Å². The Kier molecular flexibility index (Phi) is 5.71. The lowest BCUT2D eigenvalue weighted by Gasteiger charge is -2.18. The quantitative estimate of drug-likeness (QED) is 0.812. The summed E-state index contributed by atoms with van der Waals surface area (Å²) in [6, 6.07) is 9.91. The first-order valence-electron chi connectivity index (χ1n) is 7.35. The molecule has 2 rings (SSSR count). The van der Waals surface area contributed by atoms with Gasteiger partial charge in [0.1, 0.15) is 17.3 Å². The van der Waals surface area contributed by atoms with Gasteiger partial charge in [0.25, 0.3) is 0 Å². The second-order valence-corrected chi connectivity index (χ2v) is 5.35. The number of methoxy groups -OCH3 is 1. The Morgan fingerprint density at radius 1 is 1.24 bits per heavy atom. The van der Waals surface area contributed by atoms with E-state index in [9.17, 15) is 0 Å². The van der Waals surface area contributed by atoms with Crippen molar-refractivity contribution in [1.82, 2.24) is 5.32 Å². The van der Waals surface area contributed by atoms with E-state index in [4.69, 9.17) is 20.8 Å². The van der Waals surface area contributed by atoms with E-state index >= 15 is 0 Å². The maximum absolute atomic E-state index is 6.11. The molecule has 0 radical (unpaired) electrons. The van der Waals surface area contributed by atoms with Crippen LogP contribution < -0.4 is 10.1 Å². The lowest BCUT2D eigenvalue weighted by Crippen LogP contribution is -2.22. The average Bonchev–Trinajstić information content (AvgIpc) is 2.98. The molecule has 1 atom stereocenters. The van der Waals surface area contributed by atoms with Crippen molar-refractivity contribution in [3.8, 4) is 5.75 Å². The topological polar surface area (TPSA) is 34.4 Å². The predicted molar refractivity (Wildman–Crippen MR) is 86.2 cm³/mol. The molecule has 0 saturated carbocycles. The number of aryl methyl sites for hydroxylation is 1. The van der Waals surface area contributed by atoms with E-state index in [0.717, 1.165) is 36.5 Å². The van der Waals surface area contributed by atoms with Gasteiger partial charge in [0.05, 0.1) is 18.2 Å². The molecular weight excluding hydrogens is 286 g/mol. The minimum Gasteiger partial charge on any atom is -0.495 e. The van der Waals surface area contributed by atoms with Crippen LogP contribution in [0.25, 0.3) is 0 Å². The second kappa shape index (κ2) is 7.53. The van der Waals surface area contributed by atoms with Crippen molar-refractivity contribution in [2.45, 2.75) is 32.7 Å². The maximum atomic E-state index is 6.11. The molecule has 114 valence electrons. The summed E-state index contributed by atoms with van der Waals surface area (Å²) in [6.45, 7) is 5.15. The van der Waals surface area contributed by atoms with Gasteiger partial charge in [-0.25, -0.2) is 0 Å². The van der Waals surface area contributed by atoms with Crippen molar-refractivity contribution in [1.29, 1.82) is 0 Å². The molecule has 21 heavy (non-hydrogen) atoms. The molecule has 2 aromatic rings. The Hall–Kier alpha value is -1.45. The number of ether oxygens (including phenoxy) is 1. The van der Waals surface area contributed by atoms with E-state index in [-0.39, 0.29) is 6.04 Å². The van der Waals surface area contributed by atoms with Gasteiger partial charge in [-0.15, -0.1) is 0 Å². The second-order valence-electron chi connectivity index (χ2n) is 4.94. The third-order valence-corrected chi connectivity index (χ3v) is 3.73.